The zero-order valence-electron chi connectivity index (χ0n) is 11.5. The summed E-state index contributed by atoms with van der Waals surface area (Å²) in [5.74, 6) is -0.150. The Morgan fingerprint density at radius 3 is 2.72 bits per heavy atom. The SMILES string of the molecule is CC(N)c1cccc(F)c1N1CCCC(C)(C)C1. The van der Waals surface area contributed by atoms with Crippen LogP contribution in [-0.4, -0.2) is 13.1 Å². The second kappa shape index (κ2) is 4.88. The minimum absolute atomic E-state index is 0.138. The molecular weight excluding hydrogens is 227 g/mol. The number of hydrogen-bond acceptors (Lipinski definition) is 2. The number of nitrogens with two attached hydrogens (primary N) is 1. The zero-order valence-corrected chi connectivity index (χ0v) is 11.5. The van der Waals surface area contributed by atoms with Crippen LogP contribution in [0.25, 0.3) is 0 Å². The fourth-order valence-corrected chi connectivity index (χ4v) is 2.85. The Labute approximate surface area is 109 Å². The molecule has 0 bridgehead atoms. The minimum atomic E-state index is -0.150. The van der Waals surface area contributed by atoms with E-state index < -0.39 is 0 Å². The molecule has 2 rings (SSSR count). The maximum Gasteiger partial charge on any atom is 0.146 e. The predicted octanol–water partition coefficient (Wildman–Crippen LogP) is 3.47. The van der Waals surface area contributed by atoms with Crippen LogP contribution in [0.15, 0.2) is 18.2 Å². The summed E-state index contributed by atoms with van der Waals surface area (Å²) in [6.45, 7) is 8.21. The molecule has 1 unspecified atom stereocenters. The lowest BCUT2D eigenvalue weighted by Crippen LogP contribution is -2.41. The molecule has 0 radical (unpaired) electrons. The molecule has 1 aromatic rings. The Morgan fingerprint density at radius 1 is 1.39 bits per heavy atom. The fraction of sp³-hybridized carbons (Fsp3) is 0.600. The average molecular weight is 250 g/mol. The van der Waals surface area contributed by atoms with Gasteiger partial charge in [-0.05, 0) is 36.8 Å². The van der Waals surface area contributed by atoms with Crippen LogP contribution in [0.4, 0.5) is 10.1 Å². The molecule has 0 saturated carbocycles. The van der Waals surface area contributed by atoms with Gasteiger partial charge in [0.2, 0.25) is 0 Å². The van der Waals surface area contributed by atoms with Gasteiger partial charge < -0.3 is 10.6 Å². The first-order valence-corrected chi connectivity index (χ1v) is 6.70. The van der Waals surface area contributed by atoms with Gasteiger partial charge in [0.1, 0.15) is 5.82 Å². The Morgan fingerprint density at radius 2 is 2.11 bits per heavy atom. The molecule has 0 spiro atoms. The van der Waals surface area contributed by atoms with Gasteiger partial charge >= 0.3 is 0 Å². The van der Waals surface area contributed by atoms with Gasteiger partial charge in [0, 0.05) is 19.1 Å². The summed E-state index contributed by atoms with van der Waals surface area (Å²) < 4.78 is 14.1. The van der Waals surface area contributed by atoms with Gasteiger partial charge in [0.25, 0.3) is 0 Å². The number of nitrogens with zero attached hydrogens (tertiary/aromatic N) is 1. The van der Waals surface area contributed by atoms with Gasteiger partial charge in [-0.3, -0.25) is 0 Å². The van der Waals surface area contributed by atoms with Gasteiger partial charge in [-0.25, -0.2) is 4.39 Å². The summed E-state index contributed by atoms with van der Waals surface area (Å²) >= 11 is 0. The highest BCUT2D eigenvalue weighted by Gasteiger charge is 2.29. The fourth-order valence-electron chi connectivity index (χ4n) is 2.85. The van der Waals surface area contributed by atoms with Crippen LogP contribution in [0, 0.1) is 11.2 Å². The van der Waals surface area contributed by atoms with Crippen LogP contribution in [0.3, 0.4) is 0 Å². The summed E-state index contributed by atoms with van der Waals surface area (Å²) in [6, 6.07) is 5.07. The van der Waals surface area contributed by atoms with Crippen LogP contribution < -0.4 is 10.6 Å². The van der Waals surface area contributed by atoms with Crippen molar-refractivity contribution >= 4 is 5.69 Å². The van der Waals surface area contributed by atoms with Crippen molar-refractivity contribution in [1.82, 2.24) is 0 Å². The molecule has 1 heterocycles. The van der Waals surface area contributed by atoms with E-state index in [0.29, 0.717) is 5.69 Å². The molecule has 0 amide bonds. The van der Waals surface area contributed by atoms with Gasteiger partial charge in [-0.15, -0.1) is 0 Å². The Balaban J connectivity index is 2.38. The number of hydrogen-bond donors (Lipinski definition) is 1. The van der Waals surface area contributed by atoms with Gasteiger partial charge in [-0.1, -0.05) is 26.0 Å². The summed E-state index contributed by atoms with van der Waals surface area (Å²) in [6.07, 6.45) is 2.31. The number of halogens is 1. The lowest BCUT2D eigenvalue weighted by atomic mass is 9.83. The normalized spacial score (nSPS) is 20.8. The number of anilines is 1. The van der Waals surface area contributed by atoms with Gasteiger partial charge in [-0.2, -0.15) is 0 Å². The standard InChI is InChI=1S/C15H23FN2/c1-11(17)12-6-4-7-13(16)14(12)18-9-5-8-15(2,3)10-18/h4,6-7,11H,5,8-10,17H2,1-3H3. The Bertz CT molecular complexity index is 427. The van der Waals surface area contributed by atoms with E-state index in [0.717, 1.165) is 25.1 Å². The van der Waals surface area contributed by atoms with Crippen LogP contribution in [0.1, 0.15) is 45.2 Å². The van der Waals surface area contributed by atoms with E-state index in [1.807, 2.05) is 13.0 Å². The van der Waals surface area contributed by atoms with Crippen molar-refractivity contribution in [3.05, 3.63) is 29.6 Å². The van der Waals surface area contributed by atoms with E-state index in [9.17, 15) is 4.39 Å². The Kier molecular flexibility index (Phi) is 3.62. The third kappa shape index (κ3) is 2.66. The smallest absolute Gasteiger partial charge is 0.146 e. The molecule has 1 fully saturated rings. The first-order valence-electron chi connectivity index (χ1n) is 6.70. The van der Waals surface area contributed by atoms with E-state index >= 15 is 0 Å². The summed E-state index contributed by atoms with van der Waals surface area (Å²) in [5.41, 5.74) is 7.83. The van der Waals surface area contributed by atoms with E-state index in [-0.39, 0.29) is 17.3 Å². The van der Waals surface area contributed by atoms with Crippen molar-refractivity contribution in [2.24, 2.45) is 11.1 Å². The van der Waals surface area contributed by atoms with Crippen molar-refractivity contribution in [3.8, 4) is 0 Å². The largest absolute Gasteiger partial charge is 0.368 e. The molecule has 0 aliphatic carbocycles. The lowest BCUT2D eigenvalue weighted by Gasteiger charge is -2.40. The van der Waals surface area contributed by atoms with Crippen LogP contribution in [0.2, 0.25) is 0 Å². The lowest BCUT2D eigenvalue weighted by molar-refractivity contribution is 0.291. The third-order valence-corrected chi connectivity index (χ3v) is 3.73. The first-order chi connectivity index (χ1) is 8.41. The first kappa shape index (κ1) is 13.3. The van der Waals surface area contributed by atoms with E-state index in [1.54, 1.807) is 6.07 Å². The van der Waals surface area contributed by atoms with Crippen LogP contribution in [0.5, 0.6) is 0 Å². The molecule has 1 saturated heterocycles. The van der Waals surface area contributed by atoms with Crippen molar-refractivity contribution in [2.75, 3.05) is 18.0 Å². The maximum atomic E-state index is 14.1. The van der Waals surface area contributed by atoms with Crippen LogP contribution >= 0.6 is 0 Å². The average Bonchev–Trinajstić information content (AvgIpc) is 2.27. The quantitative estimate of drug-likeness (QED) is 0.870. The highest BCUT2D eigenvalue weighted by Crippen LogP contribution is 2.35. The van der Waals surface area contributed by atoms with Crippen LogP contribution in [-0.2, 0) is 0 Å². The predicted molar refractivity (Wildman–Crippen MR) is 74.2 cm³/mol. The zero-order chi connectivity index (χ0) is 13.3. The molecule has 0 aromatic heterocycles. The number of para-hydroxylation sites is 1. The van der Waals surface area contributed by atoms with E-state index in [2.05, 4.69) is 18.7 Å². The molecule has 2 nitrogen and oxygen atoms in total. The molecule has 18 heavy (non-hydrogen) atoms. The number of rotatable bonds is 2. The van der Waals surface area contributed by atoms with Gasteiger partial charge in [0.15, 0.2) is 0 Å². The summed E-state index contributed by atoms with van der Waals surface area (Å²) in [7, 11) is 0. The third-order valence-electron chi connectivity index (χ3n) is 3.73. The van der Waals surface area contributed by atoms with Crippen molar-refractivity contribution < 1.29 is 4.39 Å². The Hall–Kier alpha value is -1.09. The van der Waals surface area contributed by atoms with Crippen molar-refractivity contribution in [3.63, 3.8) is 0 Å². The van der Waals surface area contributed by atoms with E-state index in [1.165, 1.54) is 12.5 Å². The summed E-state index contributed by atoms with van der Waals surface area (Å²) in [5, 5.41) is 0. The minimum Gasteiger partial charge on any atom is -0.368 e. The highest BCUT2D eigenvalue weighted by atomic mass is 19.1. The van der Waals surface area contributed by atoms with Crippen molar-refractivity contribution in [1.29, 1.82) is 0 Å². The second-order valence-corrected chi connectivity index (χ2v) is 6.16. The van der Waals surface area contributed by atoms with Crippen molar-refractivity contribution in [2.45, 2.75) is 39.7 Å². The molecule has 3 heteroatoms. The molecule has 1 atom stereocenters. The number of piperidine rings is 1. The molecule has 1 aliphatic rings. The second-order valence-electron chi connectivity index (χ2n) is 6.16. The molecular formula is C15H23FN2. The summed E-state index contributed by atoms with van der Waals surface area (Å²) in [4.78, 5) is 2.16. The maximum absolute atomic E-state index is 14.1. The molecule has 1 aromatic carbocycles. The topological polar surface area (TPSA) is 29.3 Å². The number of benzene rings is 1. The van der Waals surface area contributed by atoms with E-state index in [4.69, 9.17) is 5.73 Å². The highest BCUT2D eigenvalue weighted by molar-refractivity contribution is 5.56. The molecule has 2 N–H and O–H groups in total. The molecule has 100 valence electrons. The van der Waals surface area contributed by atoms with Gasteiger partial charge in [0.05, 0.1) is 5.69 Å². The monoisotopic (exact) mass is 250 g/mol. The molecule has 1 aliphatic heterocycles.